The van der Waals surface area contributed by atoms with Crippen LogP contribution >= 0.6 is 0 Å². The van der Waals surface area contributed by atoms with Gasteiger partial charge in [-0.1, -0.05) is 5.92 Å². The van der Waals surface area contributed by atoms with Crippen molar-refractivity contribution in [3.8, 4) is 12.3 Å². The van der Waals surface area contributed by atoms with Crippen LogP contribution in [-0.4, -0.2) is 12.2 Å². The van der Waals surface area contributed by atoms with Crippen LogP contribution in [0.3, 0.4) is 0 Å². The van der Waals surface area contributed by atoms with E-state index >= 15 is 0 Å². The van der Waals surface area contributed by atoms with Gasteiger partial charge in [-0.3, -0.25) is 9.59 Å². The van der Waals surface area contributed by atoms with E-state index in [1.165, 1.54) is 18.2 Å². The minimum atomic E-state index is -0.577. The molecular weight excluding hydrogens is 166 g/mol. The number of hydrogen-bond acceptors (Lipinski definition) is 2. The van der Waals surface area contributed by atoms with E-state index in [0.717, 1.165) is 0 Å². The van der Waals surface area contributed by atoms with Gasteiger partial charge in [-0.05, 0) is 18.2 Å². The van der Waals surface area contributed by atoms with E-state index in [1.807, 2.05) is 0 Å². The third-order valence-electron chi connectivity index (χ3n) is 1.62. The predicted octanol–water partition coefficient (Wildman–Crippen LogP) is 0.579. The minimum absolute atomic E-state index is 0.279. The molecule has 0 aliphatic carbocycles. The van der Waals surface area contributed by atoms with E-state index in [0.29, 0.717) is 17.4 Å². The normalized spacial score (nSPS) is 8.85. The summed E-state index contributed by atoms with van der Waals surface area (Å²) in [4.78, 5) is 21.2. The van der Waals surface area contributed by atoms with Crippen LogP contribution in [-0.2, 0) is 0 Å². The van der Waals surface area contributed by atoms with Crippen LogP contribution in [0.25, 0.3) is 0 Å². The molecule has 0 aromatic heterocycles. The number of carbonyl (C=O) groups excluding carboxylic acids is 2. The second-order valence-electron chi connectivity index (χ2n) is 2.43. The molecule has 0 fully saturated rings. The zero-order valence-corrected chi connectivity index (χ0v) is 6.78. The summed E-state index contributed by atoms with van der Waals surface area (Å²) < 4.78 is 0. The summed E-state index contributed by atoms with van der Waals surface area (Å²) in [6.45, 7) is 0. The highest BCUT2D eigenvalue weighted by Gasteiger charge is 2.04. The Kier molecular flexibility index (Phi) is 2.46. The fourth-order valence-corrected chi connectivity index (χ4v) is 0.945. The Morgan fingerprint density at radius 3 is 2.69 bits per heavy atom. The van der Waals surface area contributed by atoms with Gasteiger partial charge in [0.25, 0.3) is 0 Å². The number of benzene rings is 1. The lowest BCUT2D eigenvalue weighted by molar-refractivity contribution is 0.100. The number of rotatable bonds is 2. The fourth-order valence-electron chi connectivity index (χ4n) is 0.945. The molecule has 0 aliphatic rings. The Hall–Kier alpha value is -2.08. The first-order valence-electron chi connectivity index (χ1n) is 3.54. The molecule has 13 heavy (non-hydrogen) atoms. The SMILES string of the molecule is C#Cc1ccc(C(N)=O)cc1C=O. The van der Waals surface area contributed by atoms with Crippen LogP contribution < -0.4 is 5.73 Å². The third kappa shape index (κ3) is 1.74. The largest absolute Gasteiger partial charge is 0.366 e. The monoisotopic (exact) mass is 173 g/mol. The predicted molar refractivity (Wildman–Crippen MR) is 48.3 cm³/mol. The van der Waals surface area contributed by atoms with Crippen molar-refractivity contribution in [3.63, 3.8) is 0 Å². The van der Waals surface area contributed by atoms with Gasteiger partial charge in [0, 0.05) is 16.7 Å². The second kappa shape index (κ2) is 3.55. The van der Waals surface area contributed by atoms with E-state index in [1.54, 1.807) is 0 Å². The first-order valence-corrected chi connectivity index (χ1v) is 3.54. The van der Waals surface area contributed by atoms with Crippen LogP contribution in [0.5, 0.6) is 0 Å². The van der Waals surface area contributed by atoms with Crippen LogP contribution in [0, 0.1) is 12.3 Å². The van der Waals surface area contributed by atoms with E-state index in [-0.39, 0.29) is 5.56 Å². The first kappa shape index (κ1) is 9.01. The van der Waals surface area contributed by atoms with Crippen molar-refractivity contribution >= 4 is 12.2 Å². The second-order valence-corrected chi connectivity index (χ2v) is 2.43. The highest BCUT2D eigenvalue weighted by Crippen LogP contribution is 2.08. The van der Waals surface area contributed by atoms with Gasteiger partial charge in [-0.2, -0.15) is 0 Å². The molecule has 3 nitrogen and oxygen atoms in total. The number of hydrogen-bond donors (Lipinski definition) is 1. The molecule has 0 saturated heterocycles. The fraction of sp³-hybridized carbons (Fsp3) is 0. The highest BCUT2D eigenvalue weighted by molar-refractivity contribution is 5.95. The lowest BCUT2D eigenvalue weighted by Gasteiger charge is -1.98. The Morgan fingerprint density at radius 2 is 2.23 bits per heavy atom. The van der Waals surface area contributed by atoms with Gasteiger partial charge in [0.1, 0.15) is 0 Å². The van der Waals surface area contributed by atoms with Crippen LogP contribution in [0.2, 0.25) is 0 Å². The summed E-state index contributed by atoms with van der Waals surface area (Å²) in [5.41, 5.74) is 6.06. The molecule has 0 unspecified atom stereocenters. The number of amides is 1. The van der Waals surface area contributed by atoms with Gasteiger partial charge in [0.05, 0.1) is 0 Å². The molecule has 0 atom stereocenters. The zero-order valence-electron chi connectivity index (χ0n) is 6.78. The van der Waals surface area contributed by atoms with Gasteiger partial charge in [-0.15, -0.1) is 6.42 Å². The van der Waals surface area contributed by atoms with Gasteiger partial charge in [0.15, 0.2) is 6.29 Å². The summed E-state index contributed by atoms with van der Waals surface area (Å²) in [6, 6.07) is 4.39. The molecule has 2 N–H and O–H groups in total. The molecule has 0 heterocycles. The smallest absolute Gasteiger partial charge is 0.248 e. The molecule has 0 bridgehead atoms. The standard InChI is InChI=1S/C10H7NO2/c1-2-7-3-4-8(10(11)13)5-9(7)6-12/h1,3-6H,(H2,11,13). The molecule has 3 heteroatoms. The number of terminal acetylenes is 1. The van der Waals surface area contributed by atoms with E-state index in [2.05, 4.69) is 5.92 Å². The summed E-state index contributed by atoms with van der Waals surface area (Å²) in [6.07, 6.45) is 5.73. The Morgan fingerprint density at radius 1 is 1.54 bits per heavy atom. The van der Waals surface area contributed by atoms with Crippen molar-refractivity contribution in [2.24, 2.45) is 5.73 Å². The maximum absolute atomic E-state index is 10.7. The lowest BCUT2D eigenvalue weighted by atomic mass is 10.1. The summed E-state index contributed by atoms with van der Waals surface area (Å²) >= 11 is 0. The van der Waals surface area contributed by atoms with Gasteiger partial charge in [-0.25, -0.2) is 0 Å². The molecular formula is C10H7NO2. The average Bonchev–Trinajstić information content (AvgIpc) is 2.16. The van der Waals surface area contributed by atoms with Crippen LogP contribution in [0.1, 0.15) is 26.3 Å². The molecule has 0 radical (unpaired) electrons. The number of nitrogens with two attached hydrogens (primary N) is 1. The van der Waals surface area contributed by atoms with Crippen molar-refractivity contribution in [1.29, 1.82) is 0 Å². The zero-order chi connectivity index (χ0) is 9.84. The molecule has 1 aromatic rings. The van der Waals surface area contributed by atoms with Crippen molar-refractivity contribution in [1.82, 2.24) is 0 Å². The minimum Gasteiger partial charge on any atom is -0.366 e. The average molecular weight is 173 g/mol. The summed E-state index contributed by atoms with van der Waals surface area (Å²) in [5.74, 6) is 1.75. The van der Waals surface area contributed by atoms with Crippen molar-refractivity contribution in [3.05, 3.63) is 34.9 Å². The molecule has 0 aliphatic heterocycles. The Bertz CT molecular complexity index is 402. The highest BCUT2D eigenvalue weighted by atomic mass is 16.1. The van der Waals surface area contributed by atoms with Crippen LogP contribution in [0.15, 0.2) is 18.2 Å². The Labute approximate surface area is 75.6 Å². The topological polar surface area (TPSA) is 60.2 Å². The van der Waals surface area contributed by atoms with Gasteiger partial charge >= 0.3 is 0 Å². The van der Waals surface area contributed by atoms with Gasteiger partial charge in [0.2, 0.25) is 5.91 Å². The van der Waals surface area contributed by atoms with E-state index in [4.69, 9.17) is 12.2 Å². The van der Waals surface area contributed by atoms with Gasteiger partial charge < -0.3 is 5.73 Å². The first-order chi connectivity index (χ1) is 6.19. The summed E-state index contributed by atoms with van der Waals surface area (Å²) in [5, 5.41) is 0. The van der Waals surface area contributed by atoms with E-state index < -0.39 is 5.91 Å². The molecule has 1 amide bonds. The van der Waals surface area contributed by atoms with Crippen LogP contribution in [0.4, 0.5) is 0 Å². The third-order valence-corrected chi connectivity index (χ3v) is 1.62. The lowest BCUT2D eigenvalue weighted by Crippen LogP contribution is -2.11. The van der Waals surface area contributed by atoms with Crippen molar-refractivity contribution < 1.29 is 9.59 Å². The molecule has 1 rings (SSSR count). The Balaban J connectivity index is 3.30. The van der Waals surface area contributed by atoms with Crippen molar-refractivity contribution in [2.45, 2.75) is 0 Å². The maximum Gasteiger partial charge on any atom is 0.248 e. The summed E-state index contributed by atoms with van der Waals surface area (Å²) in [7, 11) is 0. The molecule has 64 valence electrons. The molecule has 0 saturated carbocycles. The number of primary amides is 1. The molecule has 0 spiro atoms. The van der Waals surface area contributed by atoms with E-state index in [9.17, 15) is 9.59 Å². The number of carbonyl (C=O) groups is 2. The maximum atomic E-state index is 10.7. The quantitative estimate of drug-likeness (QED) is 0.525. The van der Waals surface area contributed by atoms with Crippen molar-refractivity contribution in [2.75, 3.05) is 0 Å². The number of aldehydes is 1. The molecule has 1 aromatic carbocycles.